The van der Waals surface area contributed by atoms with Crippen molar-refractivity contribution >= 4 is 23.2 Å². The molecule has 0 spiro atoms. The molecule has 2 aromatic carbocycles. The van der Waals surface area contributed by atoms with Crippen LogP contribution in [0.3, 0.4) is 0 Å². The summed E-state index contributed by atoms with van der Waals surface area (Å²) in [5.41, 5.74) is 2.09. The largest absolute Gasteiger partial charge is 0.491 e. The Hall–Kier alpha value is -1.42. The Labute approximate surface area is 141 Å². The molecule has 2 rings (SSSR count). The van der Waals surface area contributed by atoms with Crippen LogP contribution in [-0.2, 0) is 13.1 Å². The number of hydrogen-bond acceptors (Lipinski definition) is 3. The summed E-state index contributed by atoms with van der Waals surface area (Å²) in [6.07, 6.45) is 0. The van der Waals surface area contributed by atoms with Crippen molar-refractivity contribution in [2.75, 3.05) is 13.7 Å². The molecule has 1 N–H and O–H groups in total. The average Bonchev–Trinajstić information content (AvgIpc) is 2.49. The first-order chi connectivity index (χ1) is 10.7. The lowest BCUT2D eigenvalue weighted by Crippen LogP contribution is -2.13. The molecule has 2 aromatic rings. The van der Waals surface area contributed by atoms with Gasteiger partial charge in [0.2, 0.25) is 0 Å². The Morgan fingerprint density at radius 3 is 2.50 bits per heavy atom. The molecule has 0 unspecified atom stereocenters. The Bertz CT molecular complexity index is 632. The molecule has 3 nitrogen and oxygen atoms in total. The van der Waals surface area contributed by atoms with Gasteiger partial charge in [-0.2, -0.15) is 0 Å². The molecule has 0 saturated heterocycles. The molecule has 0 bridgehead atoms. The summed E-state index contributed by atoms with van der Waals surface area (Å²) < 4.78 is 10.9. The van der Waals surface area contributed by atoms with Gasteiger partial charge in [-0.25, -0.2) is 0 Å². The van der Waals surface area contributed by atoms with Gasteiger partial charge in [-0.3, -0.25) is 0 Å². The fourth-order valence-electron chi connectivity index (χ4n) is 2.17. The molecule has 0 aliphatic carbocycles. The molecule has 0 heterocycles. The Balaban J connectivity index is 2.05. The molecule has 0 aromatic heterocycles. The van der Waals surface area contributed by atoms with E-state index in [1.54, 1.807) is 7.11 Å². The maximum absolute atomic E-state index is 6.24. The number of hydrogen-bond donors (Lipinski definition) is 1. The minimum absolute atomic E-state index is 0.544. The van der Waals surface area contributed by atoms with Gasteiger partial charge in [0.15, 0.2) is 11.5 Å². The van der Waals surface area contributed by atoms with Gasteiger partial charge in [-0.15, -0.1) is 0 Å². The van der Waals surface area contributed by atoms with Crippen molar-refractivity contribution in [3.8, 4) is 11.5 Å². The Morgan fingerprint density at radius 2 is 1.82 bits per heavy atom. The van der Waals surface area contributed by atoms with Gasteiger partial charge < -0.3 is 14.8 Å². The predicted octanol–water partition coefficient (Wildman–Crippen LogP) is 4.69. The second kappa shape index (κ2) is 8.28. The molecule has 0 atom stereocenters. The fraction of sp³-hybridized carbons (Fsp3) is 0.294. The molecular formula is C17H19Cl2NO2. The van der Waals surface area contributed by atoms with Gasteiger partial charge in [-0.05, 0) is 36.2 Å². The first-order valence-electron chi connectivity index (χ1n) is 7.09. The molecule has 0 aliphatic heterocycles. The van der Waals surface area contributed by atoms with Crippen LogP contribution in [-0.4, -0.2) is 13.7 Å². The molecule has 0 amide bonds. The van der Waals surface area contributed by atoms with E-state index in [1.165, 1.54) is 0 Å². The van der Waals surface area contributed by atoms with Gasteiger partial charge in [0.25, 0.3) is 0 Å². The van der Waals surface area contributed by atoms with Crippen LogP contribution in [0.15, 0.2) is 36.4 Å². The summed E-state index contributed by atoms with van der Waals surface area (Å²) >= 11 is 12.4. The van der Waals surface area contributed by atoms with Crippen molar-refractivity contribution in [2.45, 2.75) is 20.0 Å². The molecule has 118 valence electrons. The Kier molecular flexibility index (Phi) is 6.37. The monoisotopic (exact) mass is 339 g/mol. The highest BCUT2D eigenvalue weighted by Crippen LogP contribution is 2.36. The van der Waals surface area contributed by atoms with Crippen LogP contribution in [0.2, 0.25) is 10.0 Å². The van der Waals surface area contributed by atoms with E-state index in [9.17, 15) is 0 Å². The highest BCUT2D eigenvalue weighted by atomic mass is 35.5. The number of benzene rings is 2. The third-order valence-electron chi connectivity index (χ3n) is 3.18. The summed E-state index contributed by atoms with van der Waals surface area (Å²) in [6.45, 7) is 3.83. The van der Waals surface area contributed by atoms with Crippen LogP contribution < -0.4 is 14.8 Å². The van der Waals surface area contributed by atoms with Crippen molar-refractivity contribution in [2.24, 2.45) is 0 Å². The molecule has 0 radical (unpaired) electrons. The van der Waals surface area contributed by atoms with Crippen LogP contribution in [0.5, 0.6) is 11.5 Å². The molecule has 0 aliphatic rings. The minimum atomic E-state index is 0.544. The summed E-state index contributed by atoms with van der Waals surface area (Å²) in [6, 6.07) is 11.6. The lowest BCUT2D eigenvalue weighted by atomic mass is 10.2. The van der Waals surface area contributed by atoms with Crippen LogP contribution in [0.4, 0.5) is 0 Å². The number of halogens is 2. The van der Waals surface area contributed by atoms with Crippen LogP contribution in [0, 0.1) is 0 Å². The maximum atomic E-state index is 6.24. The second-order valence-corrected chi connectivity index (χ2v) is 5.55. The lowest BCUT2D eigenvalue weighted by molar-refractivity contribution is 0.310. The van der Waals surface area contributed by atoms with Gasteiger partial charge in [-0.1, -0.05) is 41.4 Å². The van der Waals surface area contributed by atoms with Gasteiger partial charge >= 0.3 is 0 Å². The van der Waals surface area contributed by atoms with E-state index in [4.69, 9.17) is 32.7 Å². The average molecular weight is 340 g/mol. The second-order valence-electron chi connectivity index (χ2n) is 4.74. The zero-order chi connectivity index (χ0) is 15.9. The number of ether oxygens (including phenoxy) is 2. The molecular weight excluding hydrogens is 321 g/mol. The highest BCUT2D eigenvalue weighted by Gasteiger charge is 2.11. The number of rotatable bonds is 7. The normalized spacial score (nSPS) is 10.5. The highest BCUT2D eigenvalue weighted by molar-refractivity contribution is 6.32. The summed E-state index contributed by atoms with van der Waals surface area (Å²) in [7, 11) is 1.58. The zero-order valence-electron chi connectivity index (χ0n) is 12.7. The maximum Gasteiger partial charge on any atom is 0.179 e. The van der Waals surface area contributed by atoms with Crippen LogP contribution in [0.25, 0.3) is 0 Å². The van der Waals surface area contributed by atoms with Gasteiger partial charge in [0, 0.05) is 18.1 Å². The fourth-order valence-corrected chi connectivity index (χ4v) is 2.68. The van der Waals surface area contributed by atoms with Crippen molar-refractivity contribution in [3.05, 3.63) is 57.6 Å². The summed E-state index contributed by atoms with van der Waals surface area (Å²) in [5, 5.41) is 4.66. The third-order valence-corrected chi connectivity index (χ3v) is 3.83. The standard InChI is InChI=1S/C17H19Cl2NO2/c1-3-22-16-9-12(8-15(19)17(16)21-2)10-20-11-13-6-4-5-7-14(13)18/h4-9,20H,3,10-11H2,1-2H3. The van der Waals surface area contributed by atoms with Crippen molar-refractivity contribution in [1.29, 1.82) is 0 Å². The Morgan fingerprint density at radius 1 is 1.05 bits per heavy atom. The topological polar surface area (TPSA) is 30.5 Å². The van der Waals surface area contributed by atoms with Gasteiger partial charge in [0.1, 0.15) is 0 Å². The molecule has 5 heteroatoms. The van der Waals surface area contributed by atoms with E-state index in [2.05, 4.69) is 5.32 Å². The number of nitrogens with one attached hydrogen (secondary N) is 1. The molecule has 0 fully saturated rings. The van der Waals surface area contributed by atoms with E-state index in [-0.39, 0.29) is 0 Å². The van der Waals surface area contributed by atoms with Crippen molar-refractivity contribution in [1.82, 2.24) is 5.32 Å². The van der Waals surface area contributed by atoms with Crippen LogP contribution in [0.1, 0.15) is 18.1 Å². The van der Waals surface area contributed by atoms with Crippen molar-refractivity contribution in [3.63, 3.8) is 0 Å². The van der Waals surface area contributed by atoms with E-state index < -0.39 is 0 Å². The summed E-state index contributed by atoms with van der Waals surface area (Å²) in [5.74, 6) is 1.23. The van der Waals surface area contributed by atoms with Gasteiger partial charge in [0.05, 0.1) is 18.7 Å². The minimum Gasteiger partial charge on any atom is -0.491 e. The smallest absolute Gasteiger partial charge is 0.179 e. The lowest BCUT2D eigenvalue weighted by Gasteiger charge is -2.13. The number of methoxy groups -OCH3 is 1. The first kappa shape index (κ1) is 16.9. The van der Waals surface area contributed by atoms with Crippen molar-refractivity contribution < 1.29 is 9.47 Å². The summed E-state index contributed by atoms with van der Waals surface area (Å²) in [4.78, 5) is 0. The molecule has 0 saturated carbocycles. The quantitative estimate of drug-likeness (QED) is 0.793. The van der Waals surface area contributed by atoms with E-state index in [0.717, 1.165) is 16.1 Å². The SMILES string of the molecule is CCOc1cc(CNCc2ccccc2Cl)cc(Cl)c1OC. The third kappa shape index (κ3) is 4.29. The van der Waals surface area contributed by atoms with Crippen LogP contribution >= 0.6 is 23.2 Å². The zero-order valence-corrected chi connectivity index (χ0v) is 14.2. The first-order valence-corrected chi connectivity index (χ1v) is 7.84. The van der Waals surface area contributed by atoms with E-state index >= 15 is 0 Å². The predicted molar refractivity (Wildman–Crippen MR) is 91.2 cm³/mol. The van der Waals surface area contributed by atoms with E-state index in [0.29, 0.717) is 36.2 Å². The van der Waals surface area contributed by atoms with E-state index in [1.807, 2.05) is 43.3 Å². The molecule has 22 heavy (non-hydrogen) atoms.